The van der Waals surface area contributed by atoms with Crippen molar-refractivity contribution in [1.29, 1.82) is 0 Å². The van der Waals surface area contributed by atoms with Crippen LogP contribution in [-0.4, -0.2) is 34.1 Å². The second kappa shape index (κ2) is 6.98. The molecule has 1 aliphatic carbocycles. The minimum Gasteiger partial charge on any atom is -0.376 e. The molecule has 0 amide bonds. The van der Waals surface area contributed by atoms with Gasteiger partial charge in [0.2, 0.25) is 5.95 Å². The fraction of sp³-hybridized carbons (Fsp3) is 0.667. The van der Waals surface area contributed by atoms with Crippen LogP contribution in [0, 0.1) is 10.1 Å². The van der Waals surface area contributed by atoms with Gasteiger partial charge in [-0.25, -0.2) is 9.97 Å². The van der Waals surface area contributed by atoms with Crippen LogP contribution in [0.25, 0.3) is 0 Å². The van der Waals surface area contributed by atoms with Crippen LogP contribution in [-0.2, 0) is 4.74 Å². The molecule has 19 heavy (non-hydrogen) atoms. The van der Waals surface area contributed by atoms with Crippen molar-refractivity contribution < 1.29 is 9.66 Å². The third kappa shape index (κ3) is 4.44. The minimum absolute atomic E-state index is 0.107. The van der Waals surface area contributed by atoms with Crippen molar-refractivity contribution in [1.82, 2.24) is 9.97 Å². The number of nitrogens with zero attached hydrogens (tertiary/aromatic N) is 3. The van der Waals surface area contributed by atoms with Crippen LogP contribution in [0.3, 0.4) is 0 Å². The fourth-order valence-corrected chi connectivity index (χ4v) is 2.13. The Morgan fingerprint density at radius 3 is 2.63 bits per heavy atom. The lowest BCUT2D eigenvalue weighted by Gasteiger charge is -2.21. The van der Waals surface area contributed by atoms with Gasteiger partial charge in [0.25, 0.3) is 0 Å². The number of aromatic nitrogens is 2. The molecule has 0 saturated heterocycles. The van der Waals surface area contributed by atoms with Crippen molar-refractivity contribution in [2.24, 2.45) is 0 Å². The summed E-state index contributed by atoms with van der Waals surface area (Å²) in [5.74, 6) is 0.387. The van der Waals surface area contributed by atoms with Gasteiger partial charge in [0.05, 0.1) is 17.6 Å². The van der Waals surface area contributed by atoms with E-state index in [0.29, 0.717) is 25.2 Å². The highest BCUT2D eigenvalue weighted by molar-refractivity contribution is 5.30. The first kappa shape index (κ1) is 13.7. The summed E-state index contributed by atoms with van der Waals surface area (Å²) >= 11 is 0. The number of hydrogen-bond acceptors (Lipinski definition) is 6. The van der Waals surface area contributed by atoms with E-state index in [1.54, 1.807) is 0 Å². The zero-order chi connectivity index (χ0) is 13.5. The maximum absolute atomic E-state index is 10.4. The van der Waals surface area contributed by atoms with Crippen LogP contribution in [0.5, 0.6) is 0 Å². The molecule has 1 saturated carbocycles. The van der Waals surface area contributed by atoms with E-state index in [9.17, 15) is 10.1 Å². The molecule has 1 aromatic heterocycles. The predicted octanol–water partition coefficient (Wildman–Crippen LogP) is 2.15. The van der Waals surface area contributed by atoms with E-state index in [0.717, 1.165) is 12.8 Å². The summed E-state index contributed by atoms with van der Waals surface area (Å²) in [4.78, 5) is 17.6. The summed E-state index contributed by atoms with van der Waals surface area (Å²) in [5, 5.41) is 13.4. The Morgan fingerprint density at radius 2 is 2.00 bits per heavy atom. The Kier molecular flexibility index (Phi) is 5.02. The monoisotopic (exact) mass is 266 g/mol. The van der Waals surface area contributed by atoms with Crippen LogP contribution in [0.2, 0.25) is 0 Å². The average molecular weight is 266 g/mol. The van der Waals surface area contributed by atoms with Gasteiger partial charge in [-0.1, -0.05) is 19.3 Å². The molecule has 1 aromatic rings. The summed E-state index contributed by atoms with van der Waals surface area (Å²) in [6.07, 6.45) is 8.88. The van der Waals surface area contributed by atoms with Gasteiger partial charge >= 0.3 is 5.69 Å². The summed E-state index contributed by atoms with van der Waals surface area (Å²) in [6.45, 7) is 1.21. The van der Waals surface area contributed by atoms with Gasteiger partial charge in [-0.3, -0.25) is 10.1 Å². The number of anilines is 1. The molecule has 0 radical (unpaired) electrons. The highest BCUT2D eigenvalue weighted by atomic mass is 16.6. The molecule has 104 valence electrons. The minimum atomic E-state index is -0.518. The quantitative estimate of drug-likeness (QED) is 0.482. The Morgan fingerprint density at radius 1 is 1.32 bits per heavy atom. The molecule has 0 unspecified atom stereocenters. The molecule has 0 bridgehead atoms. The molecular weight excluding hydrogens is 248 g/mol. The SMILES string of the molecule is O=[N+]([O-])c1cnc(NCCOC2CCCCC2)nc1. The standard InChI is InChI=1S/C12H18N4O3/c17-16(18)10-8-14-12(15-9-10)13-6-7-19-11-4-2-1-3-5-11/h8-9,11H,1-7H2,(H,13,14,15). The van der Waals surface area contributed by atoms with E-state index >= 15 is 0 Å². The molecule has 0 aliphatic heterocycles. The van der Waals surface area contributed by atoms with Crippen molar-refractivity contribution in [3.63, 3.8) is 0 Å². The highest BCUT2D eigenvalue weighted by Gasteiger charge is 2.13. The molecular formula is C12H18N4O3. The second-order valence-corrected chi connectivity index (χ2v) is 4.58. The number of ether oxygens (including phenoxy) is 1. The molecule has 1 aliphatic rings. The molecule has 7 nitrogen and oxygen atoms in total. The van der Waals surface area contributed by atoms with Gasteiger partial charge in [-0.05, 0) is 12.8 Å². The Bertz CT molecular complexity index is 404. The molecule has 0 spiro atoms. The summed E-state index contributed by atoms with van der Waals surface area (Å²) in [6, 6.07) is 0. The topological polar surface area (TPSA) is 90.2 Å². The highest BCUT2D eigenvalue weighted by Crippen LogP contribution is 2.19. The first-order valence-corrected chi connectivity index (χ1v) is 6.57. The number of nitrogens with one attached hydrogen (secondary N) is 1. The number of nitro groups is 1. The predicted molar refractivity (Wildman–Crippen MR) is 70.0 cm³/mol. The fourth-order valence-electron chi connectivity index (χ4n) is 2.13. The van der Waals surface area contributed by atoms with Gasteiger partial charge in [-0.15, -0.1) is 0 Å². The normalized spacial score (nSPS) is 16.2. The average Bonchev–Trinajstić information content (AvgIpc) is 2.45. The van der Waals surface area contributed by atoms with Crippen molar-refractivity contribution in [2.75, 3.05) is 18.5 Å². The van der Waals surface area contributed by atoms with Gasteiger partial charge in [-0.2, -0.15) is 0 Å². The Balaban J connectivity index is 1.66. The van der Waals surface area contributed by atoms with E-state index in [-0.39, 0.29) is 5.69 Å². The van der Waals surface area contributed by atoms with Crippen molar-refractivity contribution in [2.45, 2.75) is 38.2 Å². The van der Waals surface area contributed by atoms with E-state index in [1.165, 1.54) is 31.7 Å². The van der Waals surface area contributed by atoms with Gasteiger partial charge in [0.15, 0.2) is 0 Å². The van der Waals surface area contributed by atoms with E-state index < -0.39 is 4.92 Å². The van der Waals surface area contributed by atoms with Gasteiger partial charge in [0.1, 0.15) is 12.4 Å². The van der Waals surface area contributed by atoms with Crippen LogP contribution in [0.1, 0.15) is 32.1 Å². The van der Waals surface area contributed by atoms with Gasteiger partial charge in [0, 0.05) is 6.54 Å². The third-order valence-corrected chi connectivity index (χ3v) is 3.14. The molecule has 0 atom stereocenters. The van der Waals surface area contributed by atoms with E-state index in [2.05, 4.69) is 15.3 Å². The van der Waals surface area contributed by atoms with Gasteiger partial charge < -0.3 is 10.1 Å². The first-order chi connectivity index (χ1) is 9.25. The second-order valence-electron chi connectivity index (χ2n) is 4.58. The zero-order valence-electron chi connectivity index (χ0n) is 10.7. The first-order valence-electron chi connectivity index (χ1n) is 6.57. The molecule has 7 heteroatoms. The lowest BCUT2D eigenvalue weighted by molar-refractivity contribution is -0.385. The molecule has 1 heterocycles. The number of hydrogen-bond donors (Lipinski definition) is 1. The molecule has 0 aromatic carbocycles. The molecule has 1 N–H and O–H groups in total. The van der Waals surface area contributed by atoms with E-state index in [4.69, 9.17) is 4.74 Å². The van der Waals surface area contributed by atoms with Crippen molar-refractivity contribution >= 4 is 11.6 Å². The lowest BCUT2D eigenvalue weighted by atomic mass is 9.98. The smallest absolute Gasteiger partial charge is 0.305 e. The summed E-state index contributed by atoms with van der Waals surface area (Å²) in [5.41, 5.74) is -0.107. The van der Waals surface area contributed by atoms with Crippen LogP contribution in [0.15, 0.2) is 12.4 Å². The summed E-state index contributed by atoms with van der Waals surface area (Å²) < 4.78 is 5.74. The van der Waals surface area contributed by atoms with Crippen LogP contribution >= 0.6 is 0 Å². The lowest BCUT2D eigenvalue weighted by Crippen LogP contribution is -2.21. The van der Waals surface area contributed by atoms with Crippen LogP contribution in [0.4, 0.5) is 11.6 Å². The maximum Gasteiger partial charge on any atom is 0.305 e. The Hall–Kier alpha value is -1.76. The molecule has 1 fully saturated rings. The molecule has 2 rings (SSSR count). The third-order valence-electron chi connectivity index (χ3n) is 3.14. The largest absolute Gasteiger partial charge is 0.376 e. The van der Waals surface area contributed by atoms with Crippen molar-refractivity contribution in [3.05, 3.63) is 22.5 Å². The Labute approximate surface area is 111 Å². The summed E-state index contributed by atoms with van der Waals surface area (Å²) in [7, 11) is 0. The van der Waals surface area contributed by atoms with Crippen LogP contribution < -0.4 is 5.32 Å². The number of rotatable bonds is 6. The van der Waals surface area contributed by atoms with Crippen molar-refractivity contribution in [3.8, 4) is 0 Å². The van der Waals surface area contributed by atoms with E-state index in [1.807, 2.05) is 0 Å². The zero-order valence-corrected chi connectivity index (χ0v) is 10.7. The maximum atomic E-state index is 10.4.